The molecule has 164 valence electrons. The molecule has 0 bridgehead atoms. The fraction of sp³-hybridized carbons (Fsp3) is 0.0769. The highest BCUT2D eigenvalue weighted by Gasteiger charge is 2.47. The monoisotopic (exact) mass is 504 g/mol. The van der Waals surface area contributed by atoms with Gasteiger partial charge in [0.15, 0.2) is 0 Å². The molecule has 7 heteroatoms. The van der Waals surface area contributed by atoms with Gasteiger partial charge < -0.3 is 10.1 Å². The molecule has 1 saturated heterocycles. The number of carbonyl (C=O) groups is 2. The highest BCUT2D eigenvalue weighted by molar-refractivity contribution is 9.10. The van der Waals surface area contributed by atoms with Crippen LogP contribution in [0.3, 0.4) is 0 Å². The fourth-order valence-electron chi connectivity index (χ4n) is 4.26. The molecule has 1 unspecified atom stereocenters. The number of hydrogen-bond donors (Lipinski definition) is 2. The van der Waals surface area contributed by atoms with Crippen molar-refractivity contribution in [2.45, 2.75) is 13.0 Å². The summed E-state index contributed by atoms with van der Waals surface area (Å²) in [4.78, 5) is 31.0. The summed E-state index contributed by atoms with van der Waals surface area (Å²) >= 11 is 3.44. The molecule has 2 N–H and O–H groups in total. The second-order valence-corrected chi connectivity index (χ2v) is 8.75. The van der Waals surface area contributed by atoms with Gasteiger partial charge in [-0.1, -0.05) is 40.2 Å². The molecule has 2 heterocycles. The van der Waals surface area contributed by atoms with E-state index in [-0.39, 0.29) is 11.3 Å². The first kappa shape index (κ1) is 21.2. The Morgan fingerprint density at radius 2 is 1.79 bits per heavy atom. The quantitative estimate of drug-likeness (QED) is 0.204. The summed E-state index contributed by atoms with van der Waals surface area (Å²) in [5.74, 6) is -2.30. The predicted octanol–water partition coefficient (Wildman–Crippen LogP) is 6.00. The molecule has 33 heavy (non-hydrogen) atoms. The zero-order valence-corrected chi connectivity index (χ0v) is 19.1. The number of aryl methyl sites for hydroxylation is 1. The van der Waals surface area contributed by atoms with Crippen LogP contribution < -0.4 is 4.90 Å². The van der Waals surface area contributed by atoms with E-state index < -0.39 is 23.5 Å². The number of rotatable bonds is 3. The maximum absolute atomic E-state index is 13.6. The summed E-state index contributed by atoms with van der Waals surface area (Å²) in [6.45, 7) is 1.87. The van der Waals surface area contributed by atoms with E-state index in [0.29, 0.717) is 16.8 Å². The van der Waals surface area contributed by atoms with Gasteiger partial charge in [-0.2, -0.15) is 0 Å². The molecular weight excluding hydrogens is 487 g/mol. The van der Waals surface area contributed by atoms with Gasteiger partial charge in [-0.25, -0.2) is 4.39 Å². The number of benzene rings is 3. The number of nitrogens with zero attached hydrogens (tertiary/aromatic N) is 1. The number of aromatic amines is 1. The summed E-state index contributed by atoms with van der Waals surface area (Å²) in [6, 6.07) is 17.2. The van der Waals surface area contributed by atoms with Gasteiger partial charge in [-0.05, 0) is 55.0 Å². The smallest absolute Gasteiger partial charge is 0.300 e. The lowest BCUT2D eigenvalue weighted by Crippen LogP contribution is -2.29. The van der Waals surface area contributed by atoms with Crippen LogP contribution >= 0.6 is 15.9 Å². The molecule has 0 aliphatic carbocycles. The van der Waals surface area contributed by atoms with Crippen LogP contribution in [-0.4, -0.2) is 21.8 Å². The Kier molecular flexibility index (Phi) is 5.13. The Balaban J connectivity index is 1.78. The summed E-state index contributed by atoms with van der Waals surface area (Å²) in [6.07, 6.45) is 1.73. The van der Waals surface area contributed by atoms with Crippen LogP contribution in [0.5, 0.6) is 0 Å². The van der Waals surface area contributed by atoms with Crippen LogP contribution in [-0.2, 0) is 9.59 Å². The van der Waals surface area contributed by atoms with Crippen molar-refractivity contribution < 1.29 is 19.1 Å². The average Bonchev–Trinajstić information content (AvgIpc) is 3.35. The molecule has 3 aromatic carbocycles. The number of nitrogens with one attached hydrogen (secondary N) is 1. The van der Waals surface area contributed by atoms with Crippen LogP contribution in [0.1, 0.15) is 22.7 Å². The first-order valence-electron chi connectivity index (χ1n) is 10.3. The van der Waals surface area contributed by atoms with Crippen molar-refractivity contribution in [3.63, 3.8) is 0 Å². The van der Waals surface area contributed by atoms with Crippen molar-refractivity contribution in [2.24, 2.45) is 0 Å². The van der Waals surface area contributed by atoms with Crippen LogP contribution in [0.15, 0.2) is 83.0 Å². The molecule has 0 saturated carbocycles. The van der Waals surface area contributed by atoms with Crippen LogP contribution in [0, 0.1) is 12.7 Å². The third kappa shape index (κ3) is 3.45. The number of amides is 1. The van der Waals surface area contributed by atoms with Crippen molar-refractivity contribution in [3.05, 3.63) is 105 Å². The van der Waals surface area contributed by atoms with Gasteiger partial charge in [0.25, 0.3) is 11.7 Å². The Bertz CT molecular complexity index is 1460. The van der Waals surface area contributed by atoms with Gasteiger partial charge in [-0.3, -0.25) is 14.5 Å². The third-order valence-corrected chi connectivity index (χ3v) is 6.79. The molecule has 4 aromatic rings. The molecular formula is C26H18BrFN2O3. The Morgan fingerprint density at radius 3 is 2.52 bits per heavy atom. The zero-order valence-electron chi connectivity index (χ0n) is 17.5. The maximum atomic E-state index is 13.6. The van der Waals surface area contributed by atoms with Crippen molar-refractivity contribution in [2.75, 3.05) is 4.90 Å². The van der Waals surface area contributed by atoms with Crippen LogP contribution in [0.4, 0.5) is 10.1 Å². The highest BCUT2D eigenvalue weighted by Crippen LogP contribution is 2.44. The van der Waals surface area contributed by atoms with E-state index in [1.54, 1.807) is 24.4 Å². The number of ketones is 1. The van der Waals surface area contributed by atoms with Gasteiger partial charge in [0, 0.05) is 38.4 Å². The Labute approximate surface area is 197 Å². The minimum Gasteiger partial charge on any atom is -0.507 e. The van der Waals surface area contributed by atoms with Gasteiger partial charge in [-0.15, -0.1) is 0 Å². The standard InChI is InChI=1S/C26H18BrFN2O3/c1-14-12-15(6-11-20(14)27)24(31)22-23(19-13-29-21-5-3-2-4-18(19)21)30(26(33)25(22)32)17-9-7-16(28)8-10-17/h2-13,23,29,31H,1H3/b24-22+. The fourth-order valence-corrected chi connectivity index (χ4v) is 4.51. The van der Waals surface area contributed by atoms with Crippen molar-refractivity contribution >= 4 is 50.0 Å². The molecule has 1 fully saturated rings. The van der Waals surface area contributed by atoms with E-state index in [0.717, 1.165) is 20.9 Å². The summed E-state index contributed by atoms with van der Waals surface area (Å²) in [5.41, 5.74) is 3.13. The number of aliphatic hydroxyl groups is 1. The first-order chi connectivity index (χ1) is 15.9. The van der Waals surface area contributed by atoms with Crippen molar-refractivity contribution in [1.82, 2.24) is 4.98 Å². The van der Waals surface area contributed by atoms with Crippen LogP contribution in [0.25, 0.3) is 16.7 Å². The number of carbonyl (C=O) groups excluding carboxylic acids is 2. The molecule has 1 aromatic heterocycles. The summed E-state index contributed by atoms with van der Waals surface area (Å²) in [7, 11) is 0. The topological polar surface area (TPSA) is 73.4 Å². The largest absolute Gasteiger partial charge is 0.507 e. The van der Waals surface area contributed by atoms with E-state index in [4.69, 9.17) is 0 Å². The number of aliphatic hydroxyl groups excluding tert-OH is 1. The zero-order chi connectivity index (χ0) is 23.3. The van der Waals surface area contributed by atoms with E-state index in [1.807, 2.05) is 31.2 Å². The van der Waals surface area contributed by atoms with E-state index in [1.165, 1.54) is 29.2 Å². The van der Waals surface area contributed by atoms with Crippen LogP contribution in [0.2, 0.25) is 0 Å². The van der Waals surface area contributed by atoms with E-state index in [2.05, 4.69) is 20.9 Å². The van der Waals surface area contributed by atoms with E-state index in [9.17, 15) is 19.1 Å². The summed E-state index contributed by atoms with van der Waals surface area (Å²) < 4.78 is 14.5. The number of para-hydroxylation sites is 1. The van der Waals surface area contributed by atoms with Gasteiger partial charge in [0.1, 0.15) is 11.6 Å². The molecule has 1 aliphatic heterocycles. The average molecular weight is 505 g/mol. The molecule has 5 nitrogen and oxygen atoms in total. The number of anilines is 1. The van der Waals surface area contributed by atoms with Gasteiger partial charge >= 0.3 is 0 Å². The highest BCUT2D eigenvalue weighted by atomic mass is 79.9. The second-order valence-electron chi connectivity index (χ2n) is 7.90. The molecule has 0 spiro atoms. The molecule has 1 atom stereocenters. The molecule has 1 amide bonds. The lowest BCUT2D eigenvalue weighted by atomic mass is 9.94. The van der Waals surface area contributed by atoms with Gasteiger partial charge in [0.2, 0.25) is 0 Å². The molecule has 0 radical (unpaired) electrons. The normalized spacial score (nSPS) is 17.8. The summed E-state index contributed by atoms with van der Waals surface area (Å²) in [5, 5.41) is 12.1. The number of aromatic nitrogens is 1. The minimum atomic E-state index is -0.893. The van der Waals surface area contributed by atoms with E-state index >= 15 is 0 Å². The lowest BCUT2D eigenvalue weighted by Gasteiger charge is -2.25. The maximum Gasteiger partial charge on any atom is 0.300 e. The van der Waals surface area contributed by atoms with Crippen molar-refractivity contribution in [3.8, 4) is 0 Å². The lowest BCUT2D eigenvalue weighted by molar-refractivity contribution is -0.132. The number of Topliss-reactive ketones (excluding diaryl/α,β-unsaturated/α-hetero) is 1. The predicted molar refractivity (Wildman–Crippen MR) is 128 cm³/mol. The minimum absolute atomic E-state index is 0.0178. The number of H-pyrrole nitrogens is 1. The van der Waals surface area contributed by atoms with Gasteiger partial charge in [0.05, 0.1) is 11.6 Å². The Hall–Kier alpha value is -3.71. The van der Waals surface area contributed by atoms with Crippen molar-refractivity contribution in [1.29, 1.82) is 0 Å². The first-order valence-corrected chi connectivity index (χ1v) is 11.0. The molecule has 1 aliphatic rings. The second kappa shape index (κ2) is 8.01. The SMILES string of the molecule is Cc1cc(/C(O)=C2\C(=O)C(=O)N(c3ccc(F)cc3)C2c2c[nH]c3ccccc23)ccc1Br. The Morgan fingerprint density at radius 1 is 1.06 bits per heavy atom. The number of fused-ring (bicyclic) bond motifs is 1. The molecule has 5 rings (SSSR count). The number of hydrogen-bond acceptors (Lipinski definition) is 3. The third-order valence-electron chi connectivity index (χ3n) is 5.90. The number of halogens is 2.